The molecule has 1 fully saturated rings. The molecule has 1 heterocycles. The maximum absolute atomic E-state index is 8.59. The van der Waals surface area contributed by atoms with Crippen LogP contribution in [0.15, 0.2) is 5.16 Å². The molecule has 1 aliphatic rings. The summed E-state index contributed by atoms with van der Waals surface area (Å²) in [6.45, 7) is 6.00. The second kappa shape index (κ2) is 2.58. The molecule has 0 aliphatic carbocycles. The Bertz CT molecular complexity index is 152. The average Bonchev–Trinajstić information content (AvgIpc) is 1.87. The monoisotopic (exact) mass is 142 g/mol. The summed E-state index contributed by atoms with van der Waals surface area (Å²) in [6.07, 6.45) is 0.865. The predicted molar refractivity (Wildman–Crippen MR) is 40.5 cm³/mol. The van der Waals surface area contributed by atoms with Crippen LogP contribution in [0.25, 0.3) is 0 Å². The summed E-state index contributed by atoms with van der Waals surface area (Å²) in [6, 6.07) is 0. The Kier molecular flexibility index (Phi) is 1.94. The molecule has 10 heavy (non-hydrogen) atoms. The quantitative estimate of drug-likeness (QED) is 0.389. The van der Waals surface area contributed by atoms with E-state index < -0.39 is 0 Å². The number of nitrogens with one attached hydrogen (secondary N) is 1. The molecule has 0 aromatic rings. The van der Waals surface area contributed by atoms with E-state index in [2.05, 4.69) is 24.3 Å². The summed E-state index contributed by atoms with van der Waals surface area (Å²) in [5.74, 6) is 0. The zero-order chi connectivity index (χ0) is 7.61. The van der Waals surface area contributed by atoms with E-state index in [-0.39, 0.29) is 5.41 Å². The van der Waals surface area contributed by atoms with Crippen LogP contribution >= 0.6 is 0 Å². The molecule has 0 saturated carbocycles. The number of piperidine rings is 1. The fourth-order valence-electron chi connectivity index (χ4n) is 1.23. The van der Waals surface area contributed by atoms with Gasteiger partial charge in [-0.3, -0.25) is 0 Å². The fourth-order valence-corrected chi connectivity index (χ4v) is 1.23. The SMILES string of the molecule is CC1(C)CNCC/C1=N\O. The van der Waals surface area contributed by atoms with Gasteiger partial charge in [-0.2, -0.15) is 0 Å². The van der Waals surface area contributed by atoms with Crippen molar-refractivity contribution in [3.05, 3.63) is 0 Å². The number of hydrogen-bond donors (Lipinski definition) is 2. The van der Waals surface area contributed by atoms with E-state index in [4.69, 9.17) is 5.21 Å². The van der Waals surface area contributed by atoms with Crippen molar-refractivity contribution in [2.75, 3.05) is 13.1 Å². The van der Waals surface area contributed by atoms with Gasteiger partial charge in [-0.15, -0.1) is 0 Å². The normalized spacial score (nSPS) is 28.8. The van der Waals surface area contributed by atoms with Gasteiger partial charge in [0, 0.05) is 24.9 Å². The third-order valence-electron chi connectivity index (χ3n) is 2.01. The van der Waals surface area contributed by atoms with Gasteiger partial charge >= 0.3 is 0 Å². The van der Waals surface area contributed by atoms with Crippen LogP contribution in [0.2, 0.25) is 0 Å². The van der Waals surface area contributed by atoms with E-state index in [1.54, 1.807) is 0 Å². The van der Waals surface area contributed by atoms with Crippen molar-refractivity contribution in [1.82, 2.24) is 5.32 Å². The summed E-state index contributed by atoms with van der Waals surface area (Å²) in [5.41, 5.74) is 0.943. The lowest BCUT2D eigenvalue weighted by molar-refractivity contribution is 0.300. The highest BCUT2D eigenvalue weighted by Gasteiger charge is 2.28. The molecule has 0 aromatic heterocycles. The van der Waals surface area contributed by atoms with Gasteiger partial charge in [0.1, 0.15) is 0 Å². The molecule has 58 valence electrons. The second-order valence-corrected chi connectivity index (χ2v) is 3.36. The van der Waals surface area contributed by atoms with Crippen LogP contribution in [-0.2, 0) is 0 Å². The van der Waals surface area contributed by atoms with Crippen LogP contribution in [0.3, 0.4) is 0 Å². The number of hydrogen-bond acceptors (Lipinski definition) is 3. The maximum atomic E-state index is 8.59. The highest BCUT2D eigenvalue weighted by atomic mass is 16.4. The molecule has 0 amide bonds. The third kappa shape index (κ3) is 1.29. The van der Waals surface area contributed by atoms with Gasteiger partial charge in [0.15, 0.2) is 0 Å². The van der Waals surface area contributed by atoms with Crippen molar-refractivity contribution >= 4 is 5.71 Å². The van der Waals surface area contributed by atoms with Gasteiger partial charge in [-0.1, -0.05) is 19.0 Å². The van der Waals surface area contributed by atoms with Gasteiger partial charge in [-0.05, 0) is 0 Å². The average molecular weight is 142 g/mol. The van der Waals surface area contributed by atoms with Crippen molar-refractivity contribution < 1.29 is 5.21 Å². The molecule has 1 rings (SSSR count). The minimum atomic E-state index is 0.0347. The van der Waals surface area contributed by atoms with Crippen LogP contribution < -0.4 is 5.32 Å². The van der Waals surface area contributed by atoms with Crippen LogP contribution in [-0.4, -0.2) is 24.0 Å². The minimum absolute atomic E-state index is 0.0347. The second-order valence-electron chi connectivity index (χ2n) is 3.36. The van der Waals surface area contributed by atoms with Crippen molar-refractivity contribution in [1.29, 1.82) is 0 Å². The first-order valence-corrected chi connectivity index (χ1v) is 3.59. The van der Waals surface area contributed by atoms with Gasteiger partial charge < -0.3 is 10.5 Å². The molecule has 0 bridgehead atoms. The van der Waals surface area contributed by atoms with Crippen LogP contribution in [0.4, 0.5) is 0 Å². The fraction of sp³-hybridized carbons (Fsp3) is 0.857. The Morgan fingerprint density at radius 2 is 2.30 bits per heavy atom. The molecular weight excluding hydrogens is 128 g/mol. The van der Waals surface area contributed by atoms with E-state index in [1.807, 2.05) is 0 Å². The molecule has 1 saturated heterocycles. The Hall–Kier alpha value is -0.570. The Morgan fingerprint density at radius 1 is 1.60 bits per heavy atom. The molecule has 3 heteroatoms. The first kappa shape index (κ1) is 7.54. The largest absolute Gasteiger partial charge is 0.411 e. The standard InChI is InChI=1S/C7H14N2O/c1-7(2)5-8-4-3-6(7)9-10/h8,10H,3-5H2,1-2H3/b9-6+. The molecule has 0 spiro atoms. The first-order valence-electron chi connectivity index (χ1n) is 3.59. The molecule has 3 nitrogen and oxygen atoms in total. The summed E-state index contributed by atoms with van der Waals surface area (Å²) in [7, 11) is 0. The van der Waals surface area contributed by atoms with E-state index >= 15 is 0 Å². The van der Waals surface area contributed by atoms with Crippen molar-refractivity contribution in [2.24, 2.45) is 10.6 Å². The van der Waals surface area contributed by atoms with Crippen molar-refractivity contribution in [3.63, 3.8) is 0 Å². The lowest BCUT2D eigenvalue weighted by atomic mass is 9.83. The Labute approximate surface area is 61.1 Å². The van der Waals surface area contributed by atoms with E-state index in [0.29, 0.717) is 0 Å². The molecular formula is C7H14N2O. The van der Waals surface area contributed by atoms with Crippen LogP contribution in [0.5, 0.6) is 0 Å². The molecule has 0 radical (unpaired) electrons. The first-order chi connectivity index (χ1) is 4.67. The van der Waals surface area contributed by atoms with Crippen LogP contribution in [0.1, 0.15) is 20.3 Å². The molecule has 0 aromatic carbocycles. The van der Waals surface area contributed by atoms with Crippen molar-refractivity contribution in [3.8, 4) is 0 Å². The molecule has 2 N–H and O–H groups in total. The summed E-state index contributed by atoms with van der Waals surface area (Å²) in [5, 5.41) is 15.1. The van der Waals surface area contributed by atoms with Gasteiger partial charge in [0.05, 0.1) is 5.71 Å². The summed E-state index contributed by atoms with van der Waals surface area (Å²) in [4.78, 5) is 0. The molecule has 0 unspecified atom stereocenters. The van der Waals surface area contributed by atoms with Crippen molar-refractivity contribution in [2.45, 2.75) is 20.3 Å². The highest BCUT2D eigenvalue weighted by molar-refractivity contribution is 5.90. The maximum Gasteiger partial charge on any atom is 0.0652 e. The van der Waals surface area contributed by atoms with E-state index in [0.717, 1.165) is 25.2 Å². The van der Waals surface area contributed by atoms with Crippen LogP contribution in [0, 0.1) is 5.41 Å². The van der Waals surface area contributed by atoms with Gasteiger partial charge in [-0.25, -0.2) is 0 Å². The number of nitrogens with zero attached hydrogens (tertiary/aromatic N) is 1. The minimum Gasteiger partial charge on any atom is -0.411 e. The third-order valence-corrected chi connectivity index (χ3v) is 2.01. The van der Waals surface area contributed by atoms with E-state index in [1.165, 1.54) is 0 Å². The lowest BCUT2D eigenvalue weighted by Crippen LogP contribution is -2.43. The number of oxime groups is 1. The predicted octanol–water partition coefficient (Wildman–Crippen LogP) is 0.836. The smallest absolute Gasteiger partial charge is 0.0652 e. The molecule has 0 atom stereocenters. The topological polar surface area (TPSA) is 44.6 Å². The summed E-state index contributed by atoms with van der Waals surface area (Å²) < 4.78 is 0. The Balaban J connectivity index is 2.70. The van der Waals surface area contributed by atoms with Gasteiger partial charge in [0.2, 0.25) is 0 Å². The Morgan fingerprint density at radius 3 is 2.70 bits per heavy atom. The van der Waals surface area contributed by atoms with E-state index in [9.17, 15) is 0 Å². The zero-order valence-corrected chi connectivity index (χ0v) is 6.52. The summed E-state index contributed by atoms with van der Waals surface area (Å²) >= 11 is 0. The number of rotatable bonds is 0. The zero-order valence-electron chi connectivity index (χ0n) is 6.52. The molecule has 1 aliphatic heterocycles. The van der Waals surface area contributed by atoms with Gasteiger partial charge in [0.25, 0.3) is 0 Å². The highest BCUT2D eigenvalue weighted by Crippen LogP contribution is 2.21. The lowest BCUT2D eigenvalue weighted by Gasteiger charge is -2.30.